The number of carbonyl (C=O) groups is 1. The van der Waals surface area contributed by atoms with E-state index in [0.717, 1.165) is 28.0 Å². The average Bonchev–Trinajstić information content (AvgIpc) is 3.33. The van der Waals surface area contributed by atoms with Crippen LogP contribution in [0.3, 0.4) is 0 Å². The van der Waals surface area contributed by atoms with Gasteiger partial charge in [0.2, 0.25) is 6.23 Å². The predicted molar refractivity (Wildman–Crippen MR) is 135 cm³/mol. The zero-order valence-electron chi connectivity index (χ0n) is 20.9. The molecule has 0 aromatic heterocycles. The summed E-state index contributed by atoms with van der Waals surface area (Å²) >= 11 is 0. The van der Waals surface area contributed by atoms with Crippen molar-refractivity contribution < 1.29 is 28.8 Å². The molecule has 3 aromatic rings. The number of hydrogen-bond donors (Lipinski definition) is 1. The number of para-hydroxylation sites is 1. The summed E-state index contributed by atoms with van der Waals surface area (Å²) < 4.78 is 22.9. The molecule has 0 radical (unpaired) electrons. The highest BCUT2D eigenvalue weighted by Crippen LogP contribution is 2.52. The molecule has 2 aliphatic rings. The molecule has 8 nitrogen and oxygen atoms in total. The van der Waals surface area contributed by atoms with E-state index in [0.29, 0.717) is 29.2 Å². The lowest BCUT2D eigenvalue weighted by Gasteiger charge is -2.39. The van der Waals surface area contributed by atoms with Gasteiger partial charge in [-0.2, -0.15) is 5.10 Å². The first-order chi connectivity index (χ1) is 17.4. The number of hydrogen-bond acceptors (Lipinski definition) is 7. The van der Waals surface area contributed by atoms with Gasteiger partial charge in [0, 0.05) is 23.1 Å². The summed E-state index contributed by atoms with van der Waals surface area (Å²) in [4.78, 5) is 12.5. The van der Waals surface area contributed by atoms with E-state index in [2.05, 4.69) is 32.0 Å². The Morgan fingerprint density at radius 2 is 1.78 bits per heavy atom. The fourth-order valence-corrected chi connectivity index (χ4v) is 5.03. The number of aromatic carboxylic acids is 1. The summed E-state index contributed by atoms with van der Waals surface area (Å²) in [6.45, 7) is 4.12. The van der Waals surface area contributed by atoms with Crippen LogP contribution in [0.25, 0.3) is 0 Å². The number of fused-ring (bicyclic) bond motifs is 3. The third-order valence-corrected chi connectivity index (χ3v) is 6.76. The van der Waals surface area contributed by atoms with E-state index >= 15 is 0 Å². The lowest BCUT2D eigenvalue weighted by Crippen LogP contribution is -2.35. The lowest BCUT2D eigenvalue weighted by atomic mass is 9.93. The minimum absolute atomic E-state index is 0.0330. The third-order valence-electron chi connectivity index (χ3n) is 6.76. The fraction of sp³-hybridized carbons (Fsp3) is 0.286. The molecule has 0 aliphatic carbocycles. The van der Waals surface area contributed by atoms with Gasteiger partial charge in [0.1, 0.15) is 5.56 Å². The fourth-order valence-electron chi connectivity index (χ4n) is 5.03. The van der Waals surface area contributed by atoms with Gasteiger partial charge < -0.3 is 24.1 Å². The quantitative estimate of drug-likeness (QED) is 0.506. The lowest BCUT2D eigenvalue weighted by molar-refractivity contribution is -0.0217. The molecule has 2 aliphatic heterocycles. The molecule has 0 bridgehead atoms. The van der Waals surface area contributed by atoms with E-state index in [1.807, 2.05) is 23.2 Å². The zero-order valence-corrected chi connectivity index (χ0v) is 20.9. The maximum atomic E-state index is 12.5. The maximum absolute atomic E-state index is 12.5. The van der Waals surface area contributed by atoms with Crippen LogP contribution in [0.1, 0.15) is 56.9 Å². The van der Waals surface area contributed by atoms with Gasteiger partial charge in [0.25, 0.3) is 0 Å². The van der Waals surface area contributed by atoms with Crippen molar-refractivity contribution in [2.24, 2.45) is 5.10 Å². The van der Waals surface area contributed by atoms with Crippen LogP contribution in [0, 0.1) is 13.8 Å². The van der Waals surface area contributed by atoms with Gasteiger partial charge in [-0.05, 0) is 43.7 Å². The number of rotatable bonds is 6. The monoisotopic (exact) mass is 488 g/mol. The van der Waals surface area contributed by atoms with Crippen molar-refractivity contribution in [2.45, 2.75) is 32.5 Å². The summed E-state index contributed by atoms with van der Waals surface area (Å²) in [7, 11) is 4.48. The topological polar surface area (TPSA) is 89.8 Å². The SMILES string of the molecule is COc1cccc2c1O[C@@H](c1ccc(OC)c(OC)c1C(=O)O)N1N=C(c3cc(C)ccc3C)C[C@H]21. The van der Waals surface area contributed by atoms with Crippen molar-refractivity contribution in [1.82, 2.24) is 5.01 Å². The van der Waals surface area contributed by atoms with Crippen molar-refractivity contribution in [3.63, 3.8) is 0 Å². The highest BCUT2D eigenvalue weighted by molar-refractivity contribution is 6.03. The molecule has 186 valence electrons. The summed E-state index contributed by atoms with van der Waals surface area (Å²) in [6.07, 6.45) is -0.188. The summed E-state index contributed by atoms with van der Waals surface area (Å²) in [5.74, 6) is 0.463. The van der Waals surface area contributed by atoms with Crippen molar-refractivity contribution >= 4 is 11.7 Å². The number of methoxy groups -OCH3 is 3. The largest absolute Gasteiger partial charge is 0.493 e. The summed E-state index contributed by atoms with van der Waals surface area (Å²) in [5, 5.41) is 17.1. The van der Waals surface area contributed by atoms with Gasteiger partial charge in [-0.25, -0.2) is 9.80 Å². The number of carboxylic acids is 1. The van der Waals surface area contributed by atoms with E-state index < -0.39 is 12.2 Å². The van der Waals surface area contributed by atoms with Gasteiger partial charge in [-0.1, -0.05) is 29.8 Å². The highest BCUT2D eigenvalue weighted by Gasteiger charge is 2.44. The van der Waals surface area contributed by atoms with Crippen LogP contribution in [0.2, 0.25) is 0 Å². The van der Waals surface area contributed by atoms with E-state index in [1.165, 1.54) is 14.2 Å². The van der Waals surface area contributed by atoms with Gasteiger partial charge in [0.05, 0.1) is 33.1 Å². The number of aryl methyl sites for hydroxylation is 2. The molecule has 36 heavy (non-hydrogen) atoms. The molecule has 0 saturated heterocycles. The Bertz CT molecular complexity index is 1380. The molecule has 8 heteroatoms. The second kappa shape index (κ2) is 9.11. The van der Waals surface area contributed by atoms with Crippen LogP contribution in [-0.2, 0) is 0 Å². The number of hydrazone groups is 1. The normalized spacial score (nSPS) is 18.0. The Labute approximate surface area is 209 Å². The van der Waals surface area contributed by atoms with Crippen LogP contribution in [0.15, 0.2) is 53.6 Å². The van der Waals surface area contributed by atoms with Crippen LogP contribution in [0.5, 0.6) is 23.0 Å². The molecule has 2 atom stereocenters. The maximum Gasteiger partial charge on any atom is 0.340 e. The van der Waals surface area contributed by atoms with Crippen LogP contribution < -0.4 is 18.9 Å². The molecule has 5 rings (SSSR count). The first-order valence-corrected chi connectivity index (χ1v) is 11.6. The Morgan fingerprint density at radius 1 is 1.00 bits per heavy atom. The van der Waals surface area contributed by atoms with Gasteiger partial charge in [-0.3, -0.25) is 0 Å². The highest BCUT2D eigenvalue weighted by atomic mass is 16.5. The minimum atomic E-state index is -1.15. The molecule has 1 N–H and O–H groups in total. The first-order valence-electron chi connectivity index (χ1n) is 11.6. The van der Waals surface area contributed by atoms with Crippen LogP contribution in [0.4, 0.5) is 0 Å². The Kier molecular flexibility index (Phi) is 5.96. The predicted octanol–water partition coefficient (Wildman–Crippen LogP) is 5.27. The average molecular weight is 489 g/mol. The van der Waals surface area contributed by atoms with Crippen molar-refractivity contribution in [3.8, 4) is 23.0 Å². The van der Waals surface area contributed by atoms with Crippen molar-refractivity contribution in [3.05, 3.63) is 81.9 Å². The zero-order chi connectivity index (χ0) is 25.6. The minimum Gasteiger partial charge on any atom is -0.493 e. The number of benzene rings is 3. The molecular formula is C28H28N2O6. The van der Waals surface area contributed by atoms with Crippen molar-refractivity contribution in [1.29, 1.82) is 0 Å². The Balaban J connectivity index is 1.72. The summed E-state index contributed by atoms with van der Waals surface area (Å²) in [5.41, 5.74) is 5.57. The molecule has 3 aromatic carbocycles. The second-order valence-electron chi connectivity index (χ2n) is 8.88. The number of nitrogens with zero attached hydrogens (tertiary/aromatic N) is 2. The number of carboxylic acid groups (broad SMARTS) is 1. The van der Waals surface area contributed by atoms with Crippen molar-refractivity contribution in [2.75, 3.05) is 21.3 Å². The van der Waals surface area contributed by atoms with Crippen LogP contribution in [-0.4, -0.2) is 43.1 Å². The van der Waals surface area contributed by atoms with E-state index in [-0.39, 0.29) is 17.4 Å². The smallest absolute Gasteiger partial charge is 0.340 e. The molecule has 0 spiro atoms. The molecule has 0 fully saturated rings. The van der Waals surface area contributed by atoms with Gasteiger partial charge in [0.15, 0.2) is 23.0 Å². The molecule has 2 heterocycles. The van der Waals surface area contributed by atoms with E-state index in [9.17, 15) is 9.90 Å². The van der Waals surface area contributed by atoms with E-state index in [4.69, 9.17) is 24.0 Å². The number of ether oxygens (including phenoxy) is 4. The molecule has 0 saturated carbocycles. The Morgan fingerprint density at radius 3 is 2.47 bits per heavy atom. The first kappa shape index (κ1) is 23.5. The van der Waals surface area contributed by atoms with E-state index in [1.54, 1.807) is 19.2 Å². The molecule has 0 unspecified atom stereocenters. The Hall–Kier alpha value is -4.20. The summed E-state index contributed by atoms with van der Waals surface area (Å²) in [6, 6.07) is 15.3. The van der Waals surface area contributed by atoms with Crippen LogP contribution >= 0.6 is 0 Å². The molecular weight excluding hydrogens is 460 g/mol. The standard InChI is InChI=1S/C28H28N2O6/c1-15-9-10-16(2)19(13-15)20-14-21-17-7-6-8-22(33-3)25(17)36-27(30(21)29-20)18-11-12-23(34-4)26(35-5)24(18)28(31)32/h6-13,21,27H,14H2,1-5H3,(H,31,32)/t21-,27+/m1/s1. The van der Waals surface area contributed by atoms with Gasteiger partial charge in [-0.15, -0.1) is 0 Å². The molecule has 0 amide bonds. The second-order valence-corrected chi connectivity index (χ2v) is 8.88. The third kappa shape index (κ3) is 3.69. The van der Waals surface area contributed by atoms with Gasteiger partial charge >= 0.3 is 5.97 Å².